The van der Waals surface area contributed by atoms with Crippen molar-refractivity contribution in [2.75, 3.05) is 6.61 Å². The lowest BCUT2D eigenvalue weighted by atomic mass is 9.34. The zero-order valence-electron chi connectivity index (χ0n) is 24.7. The van der Waals surface area contributed by atoms with Crippen molar-refractivity contribution in [2.24, 2.45) is 28.1 Å². The minimum Gasteiger partial charge on any atom is -0.472 e. The molecule has 4 saturated heterocycles. The number of carbonyl (C=O) groups excluding carboxylic acids is 4. The van der Waals surface area contributed by atoms with E-state index < -0.39 is 93.2 Å². The Kier molecular flexibility index (Phi) is 5.60. The molecule has 2 aliphatic carbocycles. The Bertz CT molecular complexity index is 1420. The van der Waals surface area contributed by atoms with Gasteiger partial charge in [0.25, 0.3) is 0 Å². The maximum atomic E-state index is 13.3. The highest BCUT2D eigenvalue weighted by atomic mass is 17.2. The van der Waals surface area contributed by atoms with Crippen LogP contribution in [0.15, 0.2) is 23.0 Å². The van der Waals surface area contributed by atoms with Crippen LogP contribution in [0.5, 0.6) is 0 Å². The molecule has 0 aromatic carbocycles. The van der Waals surface area contributed by atoms with Crippen molar-refractivity contribution in [3.63, 3.8) is 0 Å². The molecular weight excluding hydrogens is 568 g/mol. The van der Waals surface area contributed by atoms with E-state index in [9.17, 15) is 29.4 Å². The summed E-state index contributed by atoms with van der Waals surface area (Å²) in [4.78, 5) is 62.0. The van der Waals surface area contributed by atoms with Crippen LogP contribution in [0.1, 0.15) is 78.4 Å². The van der Waals surface area contributed by atoms with E-state index in [0.717, 1.165) is 6.92 Å². The first-order chi connectivity index (χ1) is 20.0. The highest BCUT2D eigenvalue weighted by molar-refractivity contribution is 5.74. The second kappa shape index (κ2) is 8.38. The molecule has 6 fully saturated rings. The molecule has 2 saturated carbocycles. The summed E-state index contributed by atoms with van der Waals surface area (Å²) in [5, 5.41) is 26.1. The zero-order valence-corrected chi connectivity index (χ0v) is 24.7. The van der Waals surface area contributed by atoms with Crippen LogP contribution in [0.25, 0.3) is 0 Å². The lowest BCUT2D eigenvalue weighted by Crippen LogP contribution is -2.84. The Morgan fingerprint density at radius 2 is 1.79 bits per heavy atom. The van der Waals surface area contributed by atoms with Crippen molar-refractivity contribution in [3.05, 3.63) is 24.2 Å². The molecule has 234 valence electrons. The highest BCUT2D eigenvalue weighted by Crippen LogP contribution is 2.84. The minimum absolute atomic E-state index is 0.137. The van der Waals surface area contributed by atoms with Gasteiger partial charge in [0.15, 0.2) is 0 Å². The van der Waals surface area contributed by atoms with Crippen molar-refractivity contribution in [1.82, 2.24) is 0 Å². The average molecular weight is 605 g/mol. The number of carbonyl (C=O) groups is 4. The molecule has 6 aliphatic rings. The molecule has 1 aromatic rings. The molecule has 10 atom stereocenters. The second-order valence-corrected chi connectivity index (χ2v) is 14.1. The third kappa shape index (κ3) is 3.02. The number of rotatable bonds is 4. The molecular formula is C30H36O13. The number of furan rings is 1. The Morgan fingerprint density at radius 3 is 2.44 bits per heavy atom. The standard InChI is InChI=1S/C30H36O13/c1-15(31)39-23-24(3,4)19-10-20(33)38-14-26(19)18-6-8-25(5)22(17-7-9-37-12-17)40-21(34)11-29(25,35)27(18)13-28(23,30(26,36)42-27)43-41-16(2)32/h7,9,12,18-19,22-23,35-36H,6,8,10-11,13-14H2,1-5H3/t18-,19+,22+,23+,25+,26+,27+,28-,29-,30+/m1/s1. The van der Waals surface area contributed by atoms with Crippen molar-refractivity contribution in [2.45, 2.75) is 102 Å². The summed E-state index contributed by atoms with van der Waals surface area (Å²) in [5.74, 6) is -6.46. The number of fused-ring (bicyclic) bond motifs is 1. The van der Waals surface area contributed by atoms with Gasteiger partial charge >= 0.3 is 23.9 Å². The van der Waals surface area contributed by atoms with E-state index in [1.807, 2.05) is 0 Å². The van der Waals surface area contributed by atoms with Gasteiger partial charge in [-0.2, -0.15) is 4.89 Å². The molecule has 2 bridgehead atoms. The Balaban J connectivity index is 1.50. The predicted molar refractivity (Wildman–Crippen MR) is 138 cm³/mol. The fourth-order valence-corrected chi connectivity index (χ4v) is 10.5. The van der Waals surface area contributed by atoms with Gasteiger partial charge in [-0.25, -0.2) is 4.79 Å². The van der Waals surface area contributed by atoms with Gasteiger partial charge in [-0.1, -0.05) is 20.8 Å². The van der Waals surface area contributed by atoms with Gasteiger partial charge in [0, 0.05) is 49.0 Å². The molecule has 13 heteroatoms. The van der Waals surface area contributed by atoms with Gasteiger partial charge in [0.2, 0.25) is 11.4 Å². The number of aliphatic hydroxyl groups is 2. The summed E-state index contributed by atoms with van der Waals surface area (Å²) in [6, 6.07) is 1.66. The predicted octanol–water partition coefficient (Wildman–Crippen LogP) is 2.03. The fraction of sp³-hybridized carbons (Fsp3) is 0.733. The van der Waals surface area contributed by atoms with Gasteiger partial charge in [-0.05, 0) is 24.8 Å². The molecule has 5 heterocycles. The highest BCUT2D eigenvalue weighted by Gasteiger charge is 2.97. The van der Waals surface area contributed by atoms with E-state index in [-0.39, 0.29) is 19.4 Å². The number of hydrogen-bond donors (Lipinski definition) is 2. The van der Waals surface area contributed by atoms with Crippen LogP contribution in [-0.4, -0.2) is 69.4 Å². The summed E-state index contributed by atoms with van der Waals surface area (Å²) in [6.07, 6.45) is 0.479. The molecule has 1 aromatic heterocycles. The maximum Gasteiger partial charge on any atom is 0.339 e. The average Bonchev–Trinajstić information content (AvgIpc) is 3.59. The first-order valence-electron chi connectivity index (χ1n) is 14.6. The largest absolute Gasteiger partial charge is 0.472 e. The first-order valence-corrected chi connectivity index (χ1v) is 14.6. The van der Waals surface area contributed by atoms with Gasteiger partial charge in [0.05, 0.1) is 24.4 Å². The van der Waals surface area contributed by atoms with Crippen molar-refractivity contribution in [1.29, 1.82) is 0 Å². The molecule has 0 amide bonds. The normalized spacial score (nSPS) is 48.7. The van der Waals surface area contributed by atoms with Crippen LogP contribution in [0.3, 0.4) is 0 Å². The monoisotopic (exact) mass is 604 g/mol. The summed E-state index contributed by atoms with van der Waals surface area (Å²) >= 11 is 0. The first kappa shape index (κ1) is 28.8. The Morgan fingerprint density at radius 1 is 1.05 bits per heavy atom. The molecule has 7 rings (SSSR count). The van der Waals surface area contributed by atoms with Crippen LogP contribution in [0.4, 0.5) is 0 Å². The van der Waals surface area contributed by atoms with Crippen LogP contribution >= 0.6 is 0 Å². The molecule has 2 spiro atoms. The van der Waals surface area contributed by atoms with E-state index in [4.69, 9.17) is 33.1 Å². The van der Waals surface area contributed by atoms with Gasteiger partial charge in [-0.15, -0.1) is 0 Å². The van der Waals surface area contributed by atoms with E-state index in [1.54, 1.807) is 26.8 Å². The van der Waals surface area contributed by atoms with Gasteiger partial charge in [0.1, 0.15) is 30.0 Å². The number of ether oxygens (including phenoxy) is 4. The fourth-order valence-electron chi connectivity index (χ4n) is 10.5. The third-order valence-electron chi connectivity index (χ3n) is 12.0. The van der Waals surface area contributed by atoms with Gasteiger partial charge < -0.3 is 33.6 Å². The number of hydrogen-bond acceptors (Lipinski definition) is 13. The number of esters is 3. The SMILES string of the molecule is CC(=O)OO[C@@]12C[C@]34O[C@@]1(O)[C@@]1(COC(=O)C[C@H]1C(C)(C)[C@@H]2OC(C)=O)[C@H]3CC[C@@]1(C)[C@H](c2ccoc2)OC(=O)C[C@@]14O. The van der Waals surface area contributed by atoms with Crippen LogP contribution in [0, 0.1) is 28.1 Å². The third-order valence-corrected chi connectivity index (χ3v) is 12.0. The summed E-state index contributed by atoms with van der Waals surface area (Å²) in [7, 11) is 0. The summed E-state index contributed by atoms with van der Waals surface area (Å²) in [6.45, 7) is 7.43. The van der Waals surface area contributed by atoms with Crippen LogP contribution < -0.4 is 0 Å². The van der Waals surface area contributed by atoms with Crippen molar-refractivity contribution >= 4 is 23.9 Å². The quantitative estimate of drug-likeness (QED) is 0.221. The number of cyclic esters (lactones) is 2. The van der Waals surface area contributed by atoms with Crippen LogP contribution in [0.2, 0.25) is 0 Å². The molecule has 43 heavy (non-hydrogen) atoms. The van der Waals surface area contributed by atoms with E-state index >= 15 is 0 Å². The van der Waals surface area contributed by atoms with Crippen molar-refractivity contribution < 1.29 is 62.5 Å². The van der Waals surface area contributed by atoms with E-state index in [1.165, 1.54) is 19.5 Å². The van der Waals surface area contributed by atoms with Gasteiger partial charge in [-0.3, -0.25) is 19.3 Å². The van der Waals surface area contributed by atoms with E-state index in [2.05, 4.69) is 0 Å². The molecule has 0 radical (unpaired) electrons. The maximum absolute atomic E-state index is 13.3. The summed E-state index contributed by atoms with van der Waals surface area (Å²) in [5.41, 5.74) is -8.83. The second-order valence-electron chi connectivity index (χ2n) is 14.1. The molecule has 13 nitrogen and oxygen atoms in total. The Hall–Kier alpha value is -3.00. The lowest BCUT2D eigenvalue weighted by Gasteiger charge is -2.71. The Labute approximate surface area is 247 Å². The molecule has 4 aliphatic heterocycles. The summed E-state index contributed by atoms with van der Waals surface area (Å²) < 4.78 is 29.5. The topological polar surface area (TPSA) is 177 Å². The smallest absolute Gasteiger partial charge is 0.339 e. The molecule has 0 unspecified atom stereocenters. The molecule has 2 N–H and O–H groups in total. The van der Waals surface area contributed by atoms with E-state index in [0.29, 0.717) is 18.4 Å². The zero-order chi connectivity index (χ0) is 31.0. The van der Waals surface area contributed by atoms with Crippen LogP contribution in [-0.2, 0) is 47.9 Å². The minimum atomic E-state index is -2.39. The lowest BCUT2D eigenvalue weighted by molar-refractivity contribution is -0.461. The van der Waals surface area contributed by atoms with Crippen molar-refractivity contribution in [3.8, 4) is 0 Å².